The Morgan fingerprint density at radius 3 is 2.68 bits per heavy atom. The zero-order valence-electron chi connectivity index (χ0n) is 13.7. The molecule has 22 heavy (non-hydrogen) atoms. The number of likely N-dealkylation sites (N-methyl/N-ethyl adjacent to an activating group) is 2. The van der Waals surface area contributed by atoms with Gasteiger partial charge in [-0.15, -0.1) is 0 Å². The number of nitrogens with one attached hydrogen (secondary N) is 2. The number of amides is 2. The molecule has 2 rings (SSSR count). The summed E-state index contributed by atoms with van der Waals surface area (Å²) >= 11 is 0. The molecule has 1 aromatic rings. The number of nitrogens with zero attached hydrogens (tertiary/aromatic N) is 1. The van der Waals surface area contributed by atoms with Crippen LogP contribution in [0.4, 0.5) is 5.69 Å². The minimum Gasteiger partial charge on any atom is -0.351 e. The van der Waals surface area contributed by atoms with Crippen LogP contribution in [0.5, 0.6) is 0 Å². The second-order valence-corrected chi connectivity index (χ2v) is 5.86. The van der Waals surface area contributed by atoms with Gasteiger partial charge in [0, 0.05) is 18.3 Å². The molecule has 5 nitrogen and oxygen atoms in total. The summed E-state index contributed by atoms with van der Waals surface area (Å²) in [5.41, 5.74) is 2.25. The molecule has 1 aliphatic rings. The Morgan fingerprint density at radius 1 is 1.27 bits per heavy atom. The van der Waals surface area contributed by atoms with Gasteiger partial charge in [0.1, 0.15) is 0 Å². The number of quaternary nitrogens is 1. The van der Waals surface area contributed by atoms with E-state index in [1.807, 2.05) is 36.9 Å². The van der Waals surface area contributed by atoms with Gasteiger partial charge in [0.2, 0.25) is 0 Å². The van der Waals surface area contributed by atoms with Gasteiger partial charge in [-0.2, -0.15) is 0 Å². The van der Waals surface area contributed by atoms with Crippen LogP contribution in [0.3, 0.4) is 0 Å². The van der Waals surface area contributed by atoms with Crippen LogP contribution in [-0.2, 0) is 16.0 Å². The highest BCUT2D eigenvalue weighted by molar-refractivity contribution is 5.96. The number of anilines is 1. The van der Waals surface area contributed by atoms with Gasteiger partial charge in [0.05, 0.1) is 6.54 Å². The van der Waals surface area contributed by atoms with E-state index in [0.29, 0.717) is 19.6 Å². The summed E-state index contributed by atoms with van der Waals surface area (Å²) < 4.78 is 0. The predicted molar refractivity (Wildman–Crippen MR) is 87.0 cm³/mol. The summed E-state index contributed by atoms with van der Waals surface area (Å²) in [7, 11) is 0. The topological polar surface area (TPSA) is 53.9 Å². The SMILES string of the molecule is CCNC(=O)C[NH+](CC)CC(=O)N1c2ccccc2C[C@@H]1C. The number of rotatable bonds is 6. The lowest BCUT2D eigenvalue weighted by molar-refractivity contribution is -0.881. The first kappa shape index (κ1) is 16.5. The van der Waals surface area contributed by atoms with Crippen LogP contribution in [0.25, 0.3) is 0 Å². The summed E-state index contributed by atoms with van der Waals surface area (Å²) in [5, 5.41) is 2.79. The molecule has 1 aromatic carbocycles. The van der Waals surface area contributed by atoms with Crippen LogP contribution in [-0.4, -0.2) is 44.0 Å². The van der Waals surface area contributed by atoms with Crippen LogP contribution >= 0.6 is 0 Å². The van der Waals surface area contributed by atoms with E-state index in [1.54, 1.807) is 0 Å². The Morgan fingerprint density at radius 2 is 2.00 bits per heavy atom. The molecule has 1 unspecified atom stereocenters. The number of carbonyl (C=O) groups is 2. The first-order chi connectivity index (χ1) is 10.6. The van der Waals surface area contributed by atoms with Crippen molar-refractivity contribution in [2.75, 3.05) is 31.1 Å². The fourth-order valence-corrected chi connectivity index (χ4v) is 3.04. The van der Waals surface area contributed by atoms with Crippen LogP contribution in [0.2, 0.25) is 0 Å². The molecule has 0 radical (unpaired) electrons. The predicted octanol–water partition coefficient (Wildman–Crippen LogP) is 0.00510. The highest BCUT2D eigenvalue weighted by Crippen LogP contribution is 2.31. The second-order valence-electron chi connectivity index (χ2n) is 5.86. The van der Waals surface area contributed by atoms with Crippen molar-refractivity contribution in [1.29, 1.82) is 0 Å². The maximum absolute atomic E-state index is 12.7. The third kappa shape index (κ3) is 3.65. The van der Waals surface area contributed by atoms with Gasteiger partial charge in [0.25, 0.3) is 11.8 Å². The molecule has 2 amide bonds. The van der Waals surface area contributed by atoms with Gasteiger partial charge in [-0.25, -0.2) is 0 Å². The van der Waals surface area contributed by atoms with Crippen molar-refractivity contribution in [1.82, 2.24) is 5.32 Å². The van der Waals surface area contributed by atoms with E-state index in [2.05, 4.69) is 18.3 Å². The second kappa shape index (κ2) is 7.40. The number of para-hydroxylation sites is 1. The van der Waals surface area contributed by atoms with Gasteiger partial charge < -0.3 is 15.1 Å². The Bertz CT molecular complexity index is 544. The van der Waals surface area contributed by atoms with Crippen molar-refractivity contribution in [3.8, 4) is 0 Å². The molecule has 1 heterocycles. The molecular weight excluding hydrogens is 278 g/mol. The number of benzene rings is 1. The molecule has 0 saturated heterocycles. The van der Waals surface area contributed by atoms with E-state index in [-0.39, 0.29) is 17.9 Å². The molecule has 0 aromatic heterocycles. The van der Waals surface area contributed by atoms with Gasteiger partial charge >= 0.3 is 0 Å². The lowest BCUT2D eigenvalue weighted by Gasteiger charge is -2.25. The Kier molecular flexibility index (Phi) is 5.55. The zero-order valence-corrected chi connectivity index (χ0v) is 13.7. The summed E-state index contributed by atoms with van der Waals surface area (Å²) in [6.45, 7) is 8.06. The Balaban J connectivity index is 2.03. The van der Waals surface area contributed by atoms with Gasteiger partial charge in [-0.1, -0.05) is 18.2 Å². The van der Waals surface area contributed by atoms with Gasteiger partial charge in [0.15, 0.2) is 13.1 Å². The number of carbonyl (C=O) groups excluding carboxylic acids is 2. The van der Waals surface area contributed by atoms with E-state index >= 15 is 0 Å². The van der Waals surface area contributed by atoms with Crippen LogP contribution in [0.1, 0.15) is 26.3 Å². The fourth-order valence-electron chi connectivity index (χ4n) is 3.04. The normalized spacial score (nSPS) is 18.0. The lowest BCUT2D eigenvalue weighted by atomic mass is 10.1. The van der Waals surface area contributed by atoms with E-state index in [4.69, 9.17) is 0 Å². The highest BCUT2D eigenvalue weighted by Gasteiger charge is 2.32. The van der Waals surface area contributed by atoms with E-state index in [0.717, 1.165) is 23.6 Å². The Labute approximate surface area is 132 Å². The third-order valence-corrected chi connectivity index (χ3v) is 4.16. The summed E-state index contributed by atoms with van der Waals surface area (Å²) in [5.74, 6) is 0.0978. The quantitative estimate of drug-likeness (QED) is 0.778. The fraction of sp³-hybridized carbons (Fsp3) is 0.529. The highest BCUT2D eigenvalue weighted by atomic mass is 16.2. The van der Waals surface area contributed by atoms with Crippen molar-refractivity contribution in [2.24, 2.45) is 0 Å². The molecule has 0 fully saturated rings. The minimum absolute atomic E-state index is 0.00187. The van der Waals surface area contributed by atoms with Crippen molar-refractivity contribution in [3.05, 3.63) is 29.8 Å². The molecule has 120 valence electrons. The van der Waals surface area contributed by atoms with E-state index in [1.165, 1.54) is 5.56 Å². The minimum atomic E-state index is 0.00187. The number of hydrogen-bond donors (Lipinski definition) is 2. The van der Waals surface area contributed by atoms with Crippen molar-refractivity contribution in [2.45, 2.75) is 33.2 Å². The molecule has 5 heteroatoms. The third-order valence-electron chi connectivity index (χ3n) is 4.16. The first-order valence-electron chi connectivity index (χ1n) is 8.07. The average molecular weight is 304 g/mol. The maximum atomic E-state index is 12.7. The van der Waals surface area contributed by atoms with Gasteiger partial charge in [-0.3, -0.25) is 9.59 Å². The standard InChI is InChI=1S/C17H25N3O2/c1-4-18-16(21)11-19(5-2)12-17(22)20-13(3)10-14-8-6-7-9-15(14)20/h6-9,13H,4-5,10-12H2,1-3H3,(H,18,21)/p+1/t13-/m0/s1. The molecule has 0 bridgehead atoms. The number of fused-ring (bicyclic) bond motifs is 1. The van der Waals surface area contributed by atoms with E-state index in [9.17, 15) is 9.59 Å². The summed E-state index contributed by atoms with van der Waals surface area (Å²) in [4.78, 5) is 27.3. The monoisotopic (exact) mass is 304 g/mol. The maximum Gasteiger partial charge on any atom is 0.282 e. The largest absolute Gasteiger partial charge is 0.351 e. The van der Waals surface area contributed by atoms with Crippen molar-refractivity contribution >= 4 is 17.5 Å². The molecule has 2 N–H and O–H groups in total. The molecule has 0 saturated carbocycles. The average Bonchev–Trinajstić information content (AvgIpc) is 2.82. The van der Waals surface area contributed by atoms with Gasteiger partial charge in [-0.05, 0) is 38.8 Å². The van der Waals surface area contributed by atoms with Crippen LogP contribution in [0, 0.1) is 0 Å². The summed E-state index contributed by atoms with van der Waals surface area (Å²) in [6, 6.07) is 8.26. The molecule has 2 atom stereocenters. The smallest absolute Gasteiger partial charge is 0.282 e. The first-order valence-corrected chi connectivity index (χ1v) is 8.07. The molecule has 1 aliphatic heterocycles. The Hall–Kier alpha value is -1.88. The van der Waals surface area contributed by atoms with Crippen LogP contribution in [0.15, 0.2) is 24.3 Å². The van der Waals surface area contributed by atoms with E-state index < -0.39 is 0 Å². The molecule has 0 spiro atoms. The van der Waals surface area contributed by atoms with Crippen molar-refractivity contribution < 1.29 is 14.5 Å². The lowest BCUT2D eigenvalue weighted by Crippen LogP contribution is -3.14. The molecular formula is C17H26N3O2+. The van der Waals surface area contributed by atoms with Crippen LogP contribution < -0.4 is 15.1 Å². The van der Waals surface area contributed by atoms with Crippen molar-refractivity contribution in [3.63, 3.8) is 0 Å². The zero-order chi connectivity index (χ0) is 16.1. The number of hydrogen-bond acceptors (Lipinski definition) is 2. The summed E-state index contributed by atoms with van der Waals surface area (Å²) in [6.07, 6.45) is 0.902. The molecule has 0 aliphatic carbocycles.